The number of hydrogen-bond donors (Lipinski definition) is 2. The number of benzene rings is 1. The van der Waals surface area contributed by atoms with E-state index in [1.807, 2.05) is 24.3 Å². The highest BCUT2D eigenvalue weighted by Gasteiger charge is 2.28. The number of rotatable bonds is 7. The fourth-order valence-electron chi connectivity index (χ4n) is 3.55. The van der Waals surface area contributed by atoms with E-state index in [9.17, 15) is 14.4 Å². The zero-order chi connectivity index (χ0) is 22.2. The summed E-state index contributed by atoms with van der Waals surface area (Å²) in [5.74, 6) is 0.0725. The summed E-state index contributed by atoms with van der Waals surface area (Å²) in [4.78, 5) is 46.7. The van der Waals surface area contributed by atoms with Crippen molar-refractivity contribution in [3.63, 3.8) is 0 Å². The fourth-order valence-corrected chi connectivity index (χ4v) is 3.55. The predicted molar refractivity (Wildman–Crippen MR) is 113 cm³/mol. The van der Waals surface area contributed by atoms with E-state index in [0.717, 1.165) is 11.3 Å². The summed E-state index contributed by atoms with van der Waals surface area (Å²) >= 11 is 0. The Bertz CT molecular complexity index is 896. The standard InChI is InChI=1S/C22H27N5O4/c1-15(28)25-19(13-16-3-5-18(31-2)6-4-16)21(29)26-17-7-11-27(12-8-17)22(30)20-14-23-9-10-24-20/h3-6,9-10,14,17,19H,7-8,11-13H2,1-2H3,(H,25,28)(H,26,29)/t19-/m0/s1. The summed E-state index contributed by atoms with van der Waals surface area (Å²) in [7, 11) is 1.59. The van der Waals surface area contributed by atoms with E-state index in [4.69, 9.17) is 4.74 Å². The molecule has 1 aromatic heterocycles. The molecule has 2 N–H and O–H groups in total. The molecule has 3 rings (SSSR count). The lowest BCUT2D eigenvalue weighted by Crippen LogP contribution is -2.53. The smallest absolute Gasteiger partial charge is 0.274 e. The average Bonchev–Trinajstić information content (AvgIpc) is 2.79. The number of carbonyl (C=O) groups is 3. The van der Waals surface area contributed by atoms with E-state index < -0.39 is 6.04 Å². The number of piperidine rings is 1. The lowest BCUT2D eigenvalue weighted by Gasteiger charge is -2.33. The quantitative estimate of drug-likeness (QED) is 0.683. The van der Waals surface area contributed by atoms with Crippen molar-refractivity contribution >= 4 is 17.7 Å². The molecule has 0 unspecified atom stereocenters. The van der Waals surface area contributed by atoms with Gasteiger partial charge in [-0.2, -0.15) is 0 Å². The van der Waals surface area contributed by atoms with Crippen LogP contribution in [-0.2, 0) is 16.0 Å². The average molecular weight is 425 g/mol. The molecular formula is C22H27N5O4. The van der Waals surface area contributed by atoms with Crippen LogP contribution in [0.5, 0.6) is 5.75 Å². The van der Waals surface area contributed by atoms with Crippen LogP contribution in [0.2, 0.25) is 0 Å². The molecule has 1 aliphatic heterocycles. The third-order valence-electron chi connectivity index (χ3n) is 5.20. The number of methoxy groups -OCH3 is 1. The van der Waals surface area contributed by atoms with E-state index in [2.05, 4.69) is 20.6 Å². The molecule has 164 valence electrons. The maximum Gasteiger partial charge on any atom is 0.274 e. The van der Waals surface area contributed by atoms with Gasteiger partial charge in [-0.05, 0) is 30.5 Å². The van der Waals surface area contributed by atoms with Gasteiger partial charge in [-0.3, -0.25) is 19.4 Å². The zero-order valence-electron chi connectivity index (χ0n) is 17.7. The van der Waals surface area contributed by atoms with E-state index in [-0.39, 0.29) is 23.8 Å². The molecule has 9 heteroatoms. The second-order valence-corrected chi connectivity index (χ2v) is 7.47. The van der Waals surface area contributed by atoms with Crippen LogP contribution in [0.3, 0.4) is 0 Å². The van der Waals surface area contributed by atoms with Crippen molar-refractivity contribution in [3.05, 3.63) is 54.1 Å². The molecule has 1 saturated heterocycles. The second kappa shape index (κ2) is 10.5. The summed E-state index contributed by atoms with van der Waals surface area (Å²) in [6.07, 6.45) is 6.11. The Labute approximate surface area is 181 Å². The van der Waals surface area contributed by atoms with Crippen molar-refractivity contribution in [2.45, 2.75) is 38.3 Å². The molecule has 1 aromatic carbocycles. The number of ether oxygens (including phenoxy) is 1. The Balaban J connectivity index is 1.55. The molecule has 2 heterocycles. The van der Waals surface area contributed by atoms with Gasteiger partial charge in [0.15, 0.2) is 0 Å². The highest BCUT2D eigenvalue weighted by atomic mass is 16.5. The van der Waals surface area contributed by atoms with Crippen molar-refractivity contribution in [1.82, 2.24) is 25.5 Å². The van der Waals surface area contributed by atoms with Gasteiger partial charge in [0.05, 0.1) is 13.3 Å². The van der Waals surface area contributed by atoms with E-state index >= 15 is 0 Å². The molecule has 1 atom stereocenters. The van der Waals surface area contributed by atoms with Crippen LogP contribution >= 0.6 is 0 Å². The van der Waals surface area contributed by atoms with Crippen molar-refractivity contribution in [2.24, 2.45) is 0 Å². The van der Waals surface area contributed by atoms with Crippen molar-refractivity contribution < 1.29 is 19.1 Å². The minimum absolute atomic E-state index is 0.0643. The van der Waals surface area contributed by atoms with Crippen LogP contribution in [0.25, 0.3) is 0 Å². The normalized spacial score (nSPS) is 15.1. The number of likely N-dealkylation sites (tertiary alicyclic amines) is 1. The molecule has 0 bridgehead atoms. The van der Waals surface area contributed by atoms with E-state index in [1.165, 1.54) is 25.5 Å². The van der Waals surface area contributed by atoms with Gasteiger partial charge in [0, 0.05) is 44.9 Å². The highest BCUT2D eigenvalue weighted by Crippen LogP contribution is 2.15. The number of aromatic nitrogens is 2. The largest absolute Gasteiger partial charge is 0.497 e. The lowest BCUT2D eigenvalue weighted by atomic mass is 10.0. The molecule has 0 aliphatic carbocycles. The van der Waals surface area contributed by atoms with Crippen molar-refractivity contribution in [1.29, 1.82) is 0 Å². The van der Waals surface area contributed by atoms with Crippen molar-refractivity contribution in [3.8, 4) is 5.75 Å². The minimum atomic E-state index is -0.676. The number of hydrogen-bond acceptors (Lipinski definition) is 6. The van der Waals surface area contributed by atoms with Gasteiger partial charge in [-0.25, -0.2) is 4.98 Å². The summed E-state index contributed by atoms with van der Waals surface area (Å²) in [6, 6.07) is 6.65. The first-order valence-corrected chi connectivity index (χ1v) is 10.2. The van der Waals surface area contributed by atoms with Gasteiger partial charge in [-0.1, -0.05) is 12.1 Å². The minimum Gasteiger partial charge on any atom is -0.497 e. The monoisotopic (exact) mass is 425 g/mol. The Kier molecular flexibility index (Phi) is 7.53. The molecule has 3 amide bonds. The number of amides is 3. The third-order valence-corrected chi connectivity index (χ3v) is 5.20. The summed E-state index contributed by atoms with van der Waals surface area (Å²) in [5.41, 5.74) is 1.23. The van der Waals surface area contributed by atoms with Crippen LogP contribution in [0, 0.1) is 0 Å². The number of nitrogens with zero attached hydrogens (tertiary/aromatic N) is 3. The maximum absolute atomic E-state index is 12.9. The molecule has 0 saturated carbocycles. The topological polar surface area (TPSA) is 114 Å². The molecule has 31 heavy (non-hydrogen) atoms. The Morgan fingerprint density at radius 1 is 1.16 bits per heavy atom. The van der Waals surface area contributed by atoms with Gasteiger partial charge >= 0.3 is 0 Å². The van der Waals surface area contributed by atoms with Gasteiger partial charge < -0.3 is 20.3 Å². The molecular weight excluding hydrogens is 398 g/mol. The van der Waals surface area contributed by atoms with Gasteiger partial charge in [0.2, 0.25) is 11.8 Å². The molecule has 1 aliphatic rings. The first kappa shape index (κ1) is 22.2. The van der Waals surface area contributed by atoms with Crippen LogP contribution in [-0.4, -0.2) is 64.9 Å². The lowest BCUT2D eigenvalue weighted by molar-refractivity contribution is -0.128. The maximum atomic E-state index is 12.9. The fraction of sp³-hybridized carbons (Fsp3) is 0.409. The zero-order valence-corrected chi connectivity index (χ0v) is 17.7. The third kappa shape index (κ3) is 6.24. The highest BCUT2D eigenvalue weighted by molar-refractivity contribution is 5.92. The van der Waals surface area contributed by atoms with Crippen LogP contribution in [0.1, 0.15) is 35.8 Å². The van der Waals surface area contributed by atoms with Gasteiger partial charge in [0.1, 0.15) is 17.5 Å². The molecule has 1 fully saturated rings. The summed E-state index contributed by atoms with van der Waals surface area (Å²) in [5, 5.41) is 5.75. The first-order chi connectivity index (χ1) is 15.0. The van der Waals surface area contributed by atoms with Crippen LogP contribution in [0.4, 0.5) is 0 Å². The molecule has 0 spiro atoms. The predicted octanol–water partition coefficient (Wildman–Crippen LogP) is 0.953. The number of carbonyl (C=O) groups excluding carboxylic acids is 3. The second-order valence-electron chi connectivity index (χ2n) is 7.47. The van der Waals surface area contributed by atoms with E-state index in [0.29, 0.717) is 38.0 Å². The summed E-state index contributed by atoms with van der Waals surface area (Å²) in [6.45, 7) is 2.43. The Hall–Kier alpha value is -3.49. The van der Waals surface area contributed by atoms with Gasteiger partial charge in [0.25, 0.3) is 5.91 Å². The van der Waals surface area contributed by atoms with Crippen LogP contribution in [0.15, 0.2) is 42.9 Å². The Morgan fingerprint density at radius 3 is 2.45 bits per heavy atom. The van der Waals surface area contributed by atoms with E-state index in [1.54, 1.807) is 12.0 Å². The number of nitrogens with one attached hydrogen (secondary N) is 2. The summed E-state index contributed by atoms with van der Waals surface area (Å²) < 4.78 is 5.16. The molecule has 9 nitrogen and oxygen atoms in total. The van der Waals surface area contributed by atoms with Crippen LogP contribution < -0.4 is 15.4 Å². The van der Waals surface area contributed by atoms with Gasteiger partial charge in [-0.15, -0.1) is 0 Å². The molecule has 0 radical (unpaired) electrons. The SMILES string of the molecule is COc1ccc(C[C@H](NC(C)=O)C(=O)NC2CCN(C(=O)c3cnccn3)CC2)cc1. The molecule has 2 aromatic rings. The first-order valence-electron chi connectivity index (χ1n) is 10.2. The Morgan fingerprint density at radius 2 is 1.87 bits per heavy atom. The van der Waals surface area contributed by atoms with Crippen molar-refractivity contribution in [2.75, 3.05) is 20.2 Å².